The van der Waals surface area contributed by atoms with Crippen molar-refractivity contribution in [1.82, 2.24) is 5.32 Å². The van der Waals surface area contributed by atoms with Crippen LogP contribution in [-0.4, -0.2) is 30.2 Å². The minimum atomic E-state index is -1.05. The van der Waals surface area contributed by atoms with Crippen LogP contribution in [0.4, 0.5) is 10.5 Å². The quantitative estimate of drug-likeness (QED) is 0.840. The topological polar surface area (TPSA) is 93.4 Å². The van der Waals surface area contributed by atoms with Gasteiger partial charge in [-0.05, 0) is 24.6 Å². The van der Waals surface area contributed by atoms with Gasteiger partial charge >= 0.3 is 12.0 Å². The predicted molar refractivity (Wildman–Crippen MR) is 79.0 cm³/mol. The van der Waals surface area contributed by atoms with Gasteiger partial charge in [0, 0.05) is 12.7 Å². The molecule has 0 saturated carbocycles. The number of carboxylic acid groups (broad SMARTS) is 1. The number of rotatable bonds is 6. The number of unbranched alkanes of at least 4 members (excludes halogenated alkanes) is 1. The van der Waals surface area contributed by atoms with Gasteiger partial charge in [0.1, 0.15) is 6.04 Å². The molecule has 1 aromatic carbocycles. The molecule has 0 bridgehead atoms. The number of nitriles is 1. The highest BCUT2D eigenvalue weighted by molar-refractivity contribution is 5.94. The van der Waals surface area contributed by atoms with Crippen molar-refractivity contribution in [1.29, 1.82) is 5.26 Å². The second-order valence-corrected chi connectivity index (χ2v) is 4.70. The number of amides is 2. The molecule has 0 aliphatic rings. The lowest BCUT2D eigenvalue weighted by molar-refractivity contribution is -0.139. The second-order valence-electron chi connectivity index (χ2n) is 4.70. The Labute approximate surface area is 124 Å². The number of aliphatic carboxylic acids is 1. The normalized spacial score (nSPS) is 11.3. The third-order valence-electron chi connectivity index (χ3n) is 3.11. The van der Waals surface area contributed by atoms with Crippen LogP contribution in [0.25, 0.3) is 0 Å². The lowest BCUT2D eigenvalue weighted by Gasteiger charge is -2.21. The monoisotopic (exact) mass is 289 g/mol. The highest BCUT2D eigenvalue weighted by atomic mass is 16.4. The summed E-state index contributed by atoms with van der Waals surface area (Å²) in [5.74, 6) is -1.05. The summed E-state index contributed by atoms with van der Waals surface area (Å²) in [6.07, 6.45) is 1.98. The number of hydrogen-bond acceptors (Lipinski definition) is 3. The minimum absolute atomic E-state index is 0.393. The molecule has 1 atom stereocenters. The van der Waals surface area contributed by atoms with Gasteiger partial charge in [-0.15, -0.1) is 0 Å². The van der Waals surface area contributed by atoms with Crippen LogP contribution in [0.2, 0.25) is 0 Å². The smallest absolute Gasteiger partial charge is 0.326 e. The van der Waals surface area contributed by atoms with Crippen LogP contribution in [-0.2, 0) is 4.79 Å². The lowest BCUT2D eigenvalue weighted by Crippen LogP contribution is -2.46. The SMILES string of the molecule is CCCC[C@H](NC(=O)N(C)c1cccc(C#N)c1)C(=O)O. The van der Waals surface area contributed by atoms with E-state index >= 15 is 0 Å². The van der Waals surface area contributed by atoms with Gasteiger partial charge in [-0.2, -0.15) is 5.26 Å². The van der Waals surface area contributed by atoms with E-state index in [9.17, 15) is 9.59 Å². The Morgan fingerprint density at radius 2 is 2.19 bits per heavy atom. The third-order valence-corrected chi connectivity index (χ3v) is 3.11. The summed E-state index contributed by atoms with van der Waals surface area (Å²) in [7, 11) is 1.53. The number of benzene rings is 1. The number of hydrogen-bond donors (Lipinski definition) is 2. The van der Waals surface area contributed by atoms with Crippen molar-refractivity contribution in [3.05, 3.63) is 29.8 Å². The molecule has 21 heavy (non-hydrogen) atoms. The molecular formula is C15H19N3O3. The summed E-state index contributed by atoms with van der Waals surface area (Å²) >= 11 is 0. The van der Waals surface area contributed by atoms with Crippen molar-refractivity contribution >= 4 is 17.7 Å². The van der Waals surface area contributed by atoms with Gasteiger partial charge in [-0.25, -0.2) is 9.59 Å². The Bertz CT molecular complexity index is 551. The van der Waals surface area contributed by atoms with Crippen LogP contribution in [0.1, 0.15) is 31.7 Å². The highest BCUT2D eigenvalue weighted by Gasteiger charge is 2.21. The first-order valence-corrected chi connectivity index (χ1v) is 6.76. The number of nitrogens with zero attached hydrogens (tertiary/aromatic N) is 2. The van der Waals surface area contributed by atoms with Crippen LogP contribution in [0, 0.1) is 11.3 Å². The maximum absolute atomic E-state index is 12.1. The van der Waals surface area contributed by atoms with Crippen LogP contribution in [0.3, 0.4) is 0 Å². The van der Waals surface area contributed by atoms with Gasteiger partial charge in [-0.3, -0.25) is 4.90 Å². The molecule has 0 unspecified atom stereocenters. The van der Waals surface area contributed by atoms with E-state index in [4.69, 9.17) is 10.4 Å². The molecular weight excluding hydrogens is 270 g/mol. The molecule has 0 radical (unpaired) electrons. The Morgan fingerprint density at radius 3 is 2.76 bits per heavy atom. The standard InChI is InChI=1S/C15H19N3O3/c1-3-4-8-13(14(19)20)17-15(21)18(2)12-7-5-6-11(9-12)10-16/h5-7,9,13H,3-4,8H2,1-2H3,(H,17,21)(H,19,20)/t13-/m0/s1. The van der Waals surface area contributed by atoms with Gasteiger partial charge in [0.25, 0.3) is 0 Å². The number of carboxylic acids is 1. The second kappa shape index (κ2) is 7.90. The van der Waals surface area contributed by atoms with E-state index in [1.165, 1.54) is 11.9 Å². The average molecular weight is 289 g/mol. The minimum Gasteiger partial charge on any atom is -0.480 e. The molecule has 0 heterocycles. The average Bonchev–Trinajstić information content (AvgIpc) is 2.50. The Morgan fingerprint density at radius 1 is 1.48 bits per heavy atom. The third kappa shape index (κ3) is 4.80. The lowest BCUT2D eigenvalue weighted by atomic mass is 10.1. The number of anilines is 1. The van der Waals surface area contributed by atoms with Crippen molar-refractivity contribution < 1.29 is 14.7 Å². The summed E-state index contributed by atoms with van der Waals surface area (Å²) < 4.78 is 0. The molecule has 0 spiro atoms. The maximum Gasteiger partial charge on any atom is 0.326 e. The van der Waals surface area contributed by atoms with E-state index in [2.05, 4.69) is 5.32 Å². The summed E-state index contributed by atoms with van der Waals surface area (Å²) in [6, 6.07) is 7.15. The number of carbonyl (C=O) groups excluding carboxylic acids is 1. The number of urea groups is 1. The number of carbonyl (C=O) groups is 2. The van der Waals surface area contributed by atoms with Crippen molar-refractivity contribution in [3.63, 3.8) is 0 Å². The molecule has 1 aromatic rings. The molecule has 0 saturated heterocycles. The molecule has 112 valence electrons. The maximum atomic E-state index is 12.1. The Balaban J connectivity index is 2.76. The Kier molecular flexibility index (Phi) is 6.21. The molecule has 2 amide bonds. The molecule has 0 fully saturated rings. The van der Waals surface area contributed by atoms with Gasteiger partial charge in [0.15, 0.2) is 0 Å². The summed E-state index contributed by atoms with van der Waals surface area (Å²) in [5.41, 5.74) is 0.971. The fraction of sp³-hybridized carbons (Fsp3) is 0.400. The van der Waals surface area contributed by atoms with Crippen molar-refractivity contribution in [2.24, 2.45) is 0 Å². The molecule has 0 aliphatic heterocycles. The van der Waals surface area contributed by atoms with Gasteiger partial charge < -0.3 is 10.4 Å². The first-order valence-electron chi connectivity index (χ1n) is 6.76. The molecule has 2 N–H and O–H groups in total. The highest BCUT2D eigenvalue weighted by Crippen LogP contribution is 2.14. The fourth-order valence-corrected chi connectivity index (χ4v) is 1.81. The zero-order chi connectivity index (χ0) is 15.8. The zero-order valence-corrected chi connectivity index (χ0v) is 12.2. The van der Waals surface area contributed by atoms with E-state index in [-0.39, 0.29) is 0 Å². The molecule has 0 aromatic heterocycles. The number of nitrogens with one attached hydrogen (secondary N) is 1. The first kappa shape index (κ1) is 16.5. The predicted octanol–water partition coefficient (Wildman–Crippen LogP) is 2.35. The van der Waals surface area contributed by atoms with E-state index in [0.29, 0.717) is 17.7 Å². The first-order chi connectivity index (χ1) is 9.99. The van der Waals surface area contributed by atoms with Crippen LogP contribution in [0.5, 0.6) is 0 Å². The summed E-state index contributed by atoms with van der Waals surface area (Å²) in [5, 5.41) is 20.4. The summed E-state index contributed by atoms with van der Waals surface area (Å²) in [6.45, 7) is 1.96. The van der Waals surface area contributed by atoms with Crippen LogP contribution >= 0.6 is 0 Å². The molecule has 1 rings (SSSR count). The van der Waals surface area contributed by atoms with E-state index in [1.54, 1.807) is 24.3 Å². The molecule has 6 heteroatoms. The van der Waals surface area contributed by atoms with Crippen molar-refractivity contribution in [3.8, 4) is 6.07 Å². The largest absolute Gasteiger partial charge is 0.480 e. The van der Waals surface area contributed by atoms with E-state index in [0.717, 1.165) is 12.8 Å². The van der Waals surface area contributed by atoms with Crippen LogP contribution < -0.4 is 10.2 Å². The van der Waals surface area contributed by atoms with Gasteiger partial charge in [0.05, 0.1) is 11.6 Å². The van der Waals surface area contributed by atoms with E-state index in [1.807, 2.05) is 13.0 Å². The van der Waals surface area contributed by atoms with Crippen LogP contribution in [0.15, 0.2) is 24.3 Å². The van der Waals surface area contributed by atoms with Crippen molar-refractivity contribution in [2.75, 3.05) is 11.9 Å². The zero-order valence-electron chi connectivity index (χ0n) is 12.2. The van der Waals surface area contributed by atoms with Gasteiger partial charge in [-0.1, -0.05) is 25.8 Å². The van der Waals surface area contributed by atoms with Crippen molar-refractivity contribution in [2.45, 2.75) is 32.2 Å². The molecule has 0 aliphatic carbocycles. The van der Waals surface area contributed by atoms with E-state index < -0.39 is 18.0 Å². The Hall–Kier alpha value is -2.55. The molecule has 6 nitrogen and oxygen atoms in total. The van der Waals surface area contributed by atoms with Gasteiger partial charge in [0.2, 0.25) is 0 Å². The summed E-state index contributed by atoms with van der Waals surface area (Å²) in [4.78, 5) is 24.5. The fourth-order valence-electron chi connectivity index (χ4n) is 1.81.